The van der Waals surface area contributed by atoms with Gasteiger partial charge >= 0.3 is 0 Å². The number of benzene rings is 4. The highest BCUT2D eigenvalue weighted by molar-refractivity contribution is 6.30. The van der Waals surface area contributed by atoms with Gasteiger partial charge in [-0.05, 0) is 91.4 Å². The first-order valence-electron chi connectivity index (χ1n) is 12.6. The largest absolute Gasteiger partial charge is 0.346 e. The number of hydrogen-bond acceptors (Lipinski definition) is 1. The summed E-state index contributed by atoms with van der Waals surface area (Å²) in [5.74, 6) is -0.0825. The molecule has 0 aliphatic carbocycles. The lowest BCUT2D eigenvalue weighted by Gasteiger charge is -2.15. The normalized spacial score (nSPS) is 12.0. The van der Waals surface area contributed by atoms with E-state index in [0.717, 1.165) is 23.0 Å². The van der Waals surface area contributed by atoms with Crippen molar-refractivity contribution in [3.8, 4) is 11.1 Å². The van der Waals surface area contributed by atoms with Gasteiger partial charge in [0.15, 0.2) is 0 Å². The van der Waals surface area contributed by atoms with Gasteiger partial charge in [0.25, 0.3) is 5.91 Å². The second-order valence-electron chi connectivity index (χ2n) is 9.79. The number of rotatable bonds is 6. The standard InChI is InChI=1S/C33H31ClN2O/c1-21-7-5-6-8-30(21)27-11-9-25(10-12-27)20-36-24(4)22(2)31-19-28(15-18-32(31)36)33(37)35-23(3)26-13-16-29(34)17-14-26/h5-19,23H,20H2,1-4H3,(H,35,37). The average molecular weight is 507 g/mol. The first kappa shape index (κ1) is 24.9. The molecule has 1 N–H and O–H groups in total. The number of carbonyl (C=O) groups is 1. The summed E-state index contributed by atoms with van der Waals surface area (Å²) in [5, 5.41) is 4.91. The van der Waals surface area contributed by atoms with Crippen molar-refractivity contribution < 1.29 is 4.79 Å². The van der Waals surface area contributed by atoms with Crippen molar-refractivity contribution in [1.82, 2.24) is 9.88 Å². The van der Waals surface area contributed by atoms with Crippen molar-refractivity contribution in [3.63, 3.8) is 0 Å². The van der Waals surface area contributed by atoms with E-state index in [0.29, 0.717) is 10.6 Å². The van der Waals surface area contributed by atoms with E-state index in [-0.39, 0.29) is 11.9 Å². The van der Waals surface area contributed by atoms with Crippen LogP contribution in [0.1, 0.15) is 51.3 Å². The van der Waals surface area contributed by atoms with Gasteiger partial charge in [0, 0.05) is 33.7 Å². The molecular formula is C33H31ClN2O. The van der Waals surface area contributed by atoms with E-state index >= 15 is 0 Å². The minimum atomic E-state index is -0.115. The van der Waals surface area contributed by atoms with Crippen LogP contribution in [0.2, 0.25) is 5.02 Å². The summed E-state index contributed by atoms with van der Waals surface area (Å²) < 4.78 is 2.34. The van der Waals surface area contributed by atoms with Gasteiger partial charge in [-0.1, -0.05) is 72.3 Å². The lowest BCUT2D eigenvalue weighted by molar-refractivity contribution is 0.0940. The molecule has 5 rings (SSSR count). The Morgan fingerprint density at radius 1 is 0.892 bits per heavy atom. The number of aryl methyl sites for hydroxylation is 2. The third-order valence-corrected chi connectivity index (χ3v) is 7.62. The quantitative estimate of drug-likeness (QED) is 0.246. The summed E-state index contributed by atoms with van der Waals surface area (Å²) in [6.07, 6.45) is 0. The Morgan fingerprint density at radius 2 is 1.59 bits per heavy atom. The molecule has 1 aromatic heterocycles. The number of nitrogens with zero attached hydrogens (tertiary/aromatic N) is 1. The lowest BCUT2D eigenvalue weighted by Crippen LogP contribution is -2.26. The first-order valence-corrected chi connectivity index (χ1v) is 13.0. The number of carbonyl (C=O) groups excluding carboxylic acids is 1. The highest BCUT2D eigenvalue weighted by Crippen LogP contribution is 2.29. The van der Waals surface area contributed by atoms with Crippen LogP contribution in [0, 0.1) is 20.8 Å². The Bertz CT molecular complexity index is 1580. The zero-order chi connectivity index (χ0) is 26.1. The van der Waals surface area contributed by atoms with Crippen LogP contribution >= 0.6 is 11.6 Å². The van der Waals surface area contributed by atoms with E-state index in [4.69, 9.17) is 11.6 Å². The van der Waals surface area contributed by atoms with Crippen molar-refractivity contribution >= 4 is 28.4 Å². The molecule has 0 saturated carbocycles. The number of fused-ring (bicyclic) bond motifs is 1. The molecule has 4 heteroatoms. The fourth-order valence-corrected chi connectivity index (χ4v) is 5.10. The van der Waals surface area contributed by atoms with Crippen molar-refractivity contribution in [2.24, 2.45) is 0 Å². The molecule has 0 aliphatic heterocycles. The van der Waals surface area contributed by atoms with Crippen LogP contribution in [0.4, 0.5) is 0 Å². The van der Waals surface area contributed by atoms with Crippen LogP contribution in [-0.2, 0) is 6.54 Å². The molecule has 0 radical (unpaired) electrons. The second-order valence-corrected chi connectivity index (χ2v) is 10.2. The zero-order valence-electron chi connectivity index (χ0n) is 21.7. The van der Waals surface area contributed by atoms with Crippen LogP contribution in [0.25, 0.3) is 22.0 Å². The van der Waals surface area contributed by atoms with Crippen molar-refractivity contribution in [3.05, 3.63) is 130 Å². The highest BCUT2D eigenvalue weighted by Gasteiger charge is 2.16. The molecule has 5 aromatic rings. The number of nitrogens with one attached hydrogen (secondary N) is 1. The molecule has 1 unspecified atom stereocenters. The summed E-state index contributed by atoms with van der Waals surface area (Å²) in [6.45, 7) is 9.19. The lowest BCUT2D eigenvalue weighted by atomic mass is 9.99. The van der Waals surface area contributed by atoms with Gasteiger partial charge in [-0.25, -0.2) is 0 Å². The smallest absolute Gasteiger partial charge is 0.251 e. The summed E-state index contributed by atoms with van der Waals surface area (Å²) in [4.78, 5) is 13.1. The number of hydrogen-bond donors (Lipinski definition) is 1. The number of aromatic nitrogens is 1. The van der Waals surface area contributed by atoms with Gasteiger partial charge in [0.2, 0.25) is 0 Å². The highest BCUT2D eigenvalue weighted by atomic mass is 35.5. The molecule has 0 spiro atoms. The van der Waals surface area contributed by atoms with Crippen LogP contribution in [0.3, 0.4) is 0 Å². The second kappa shape index (κ2) is 10.3. The monoisotopic (exact) mass is 506 g/mol. The Balaban J connectivity index is 1.38. The van der Waals surface area contributed by atoms with Crippen molar-refractivity contribution in [2.45, 2.75) is 40.3 Å². The molecular weight excluding hydrogens is 476 g/mol. The maximum absolute atomic E-state index is 13.1. The molecule has 1 heterocycles. The third-order valence-electron chi connectivity index (χ3n) is 7.37. The first-order chi connectivity index (χ1) is 17.8. The Kier molecular flexibility index (Phi) is 6.90. The van der Waals surface area contributed by atoms with Crippen LogP contribution < -0.4 is 5.32 Å². The maximum Gasteiger partial charge on any atom is 0.251 e. The molecule has 1 amide bonds. The Hall–Kier alpha value is -3.82. The van der Waals surface area contributed by atoms with E-state index in [1.807, 2.05) is 43.3 Å². The van der Waals surface area contributed by atoms with Gasteiger partial charge in [-0.15, -0.1) is 0 Å². The molecule has 4 aromatic carbocycles. The van der Waals surface area contributed by atoms with E-state index < -0.39 is 0 Å². The molecule has 0 fully saturated rings. The SMILES string of the molecule is Cc1ccccc1-c1ccc(Cn2c(C)c(C)c3cc(C(=O)NC(C)c4ccc(Cl)cc4)ccc32)cc1. The van der Waals surface area contributed by atoms with Gasteiger partial charge < -0.3 is 9.88 Å². The fourth-order valence-electron chi connectivity index (χ4n) is 4.98. The summed E-state index contributed by atoms with van der Waals surface area (Å²) in [5.41, 5.74) is 10.3. The molecule has 0 aliphatic rings. The third kappa shape index (κ3) is 5.05. The van der Waals surface area contributed by atoms with E-state index in [2.05, 4.69) is 85.3 Å². The molecule has 37 heavy (non-hydrogen) atoms. The molecule has 186 valence electrons. The Labute approximate surface area is 223 Å². The molecule has 0 saturated heterocycles. The van der Waals surface area contributed by atoms with E-state index in [1.165, 1.54) is 33.5 Å². The fraction of sp³-hybridized carbons (Fsp3) is 0.182. The average Bonchev–Trinajstić information content (AvgIpc) is 3.14. The van der Waals surface area contributed by atoms with E-state index in [1.54, 1.807) is 0 Å². The van der Waals surface area contributed by atoms with Crippen molar-refractivity contribution in [1.29, 1.82) is 0 Å². The van der Waals surface area contributed by atoms with Gasteiger partial charge in [-0.3, -0.25) is 4.79 Å². The predicted octanol–water partition coefficient (Wildman–Crippen LogP) is 8.43. The molecule has 1 atom stereocenters. The van der Waals surface area contributed by atoms with Crippen LogP contribution in [0.15, 0.2) is 91.0 Å². The minimum absolute atomic E-state index is 0.0825. The van der Waals surface area contributed by atoms with Crippen molar-refractivity contribution in [2.75, 3.05) is 0 Å². The van der Waals surface area contributed by atoms with Gasteiger partial charge in [0.05, 0.1) is 6.04 Å². The topological polar surface area (TPSA) is 34.0 Å². The zero-order valence-corrected chi connectivity index (χ0v) is 22.4. The summed E-state index contributed by atoms with van der Waals surface area (Å²) in [7, 11) is 0. The predicted molar refractivity (Wildman–Crippen MR) is 154 cm³/mol. The molecule has 3 nitrogen and oxygen atoms in total. The molecule has 0 bridgehead atoms. The summed E-state index contributed by atoms with van der Waals surface area (Å²) >= 11 is 6.00. The van der Waals surface area contributed by atoms with E-state index in [9.17, 15) is 4.79 Å². The number of halogens is 1. The van der Waals surface area contributed by atoms with Crippen LogP contribution in [-0.4, -0.2) is 10.5 Å². The summed E-state index contributed by atoms with van der Waals surface area (Å²) in [6, 6.07) is 30.8. The Morgan fingerprint density at radius 3 is 2.30 bits per heavy atom. The minimum Gasteiger partial charge on any atom is -0.346 e. The van der Waals surface area contributed by atoms with Gasteiger partial charge in [-0.2, -0.15) is 0 Å². The van der Waals surface area contributed by atoms with Crippen LogP contribution in [0.5, 0.6) is 0 Å². The number of amides is 1. The maximum atomic E-state index is 13.1. The van der Waals surface area contributed by atoms with Gasteiger partial charge in [0.1, 0.15) is 0 Å².